The summed E-state index contributed by atoms with van der Waals surface area (Å²) in [5, 5.41) is 2.81. The summed E-state index contributed by atoms with van der Waals surface area (Å²) in [6.45, 7) is 4.83. The van der Waals surface area contributed by atoms with Gasteiger partial charge in [-0.3, -0.25) is 4.79 Å². The molecule has 3 N–H and O–H groups in total. The third kappa shape index (κ3) is 2.65. The Balaban J connectivity index is 0.00000192. The van der Waals surface area contributed by atoms with Crippen molar-refractivity contribution in [3.8, 4) is 0 Å². The van der Waals surface area contributed by atoms with Crippen LogP contribution in [0.15, 0.2) is 24.3 Å². The molecule has 1 amide bonds. The zero-order chi connectivity index (χ0) is 16.0. The molecule has 2 aliphatic rings. The lowest BCUT2D eigenvalue weighted by molar-refractivity contribution is -0.225. The minimum atomic E-state index is -0.955. The Labute approximate surface area is 142 Å². The van der Waals surface area contributed by atoms with E-state index in [0.29, 0.717) is 5.56 Å². The molecule has 6 heteroatoms. The van der Waals surface area contributed by atoms with Crippen LogP contribution < -0.4 is 11.1 Å². The number of ether oxygens (including phenoxy) is 1. The summed E-state index contributed by atoms with van der Waals surface area (Å²) in [4.78, 5) is 12.7. The second-order valence-corrected chi connectivity index (χ2v) is 6.90. The van der Waals surface area contributed by atoms with Crippen molar-refractivity contribution in [2.75, 3.05) is 6.61 Å². The first-order chi connectivity index (χ1) is 10.4. The third-order valence-corrected chi connectivity index (χ3v) is 5.46. The van der Waals surface area contributed by atoms with Crippen LogP contribution in [-0.2, 0) is 16.1 Å². The number of amides is 1. The van der Waals surface area contributed by atoms with Crippen LogP contribution in [-0.4, -0.2) is 24.2 Å². The molecule has 3 atom stereocenters. The maximum Gasteiger partial charge on any atom is 0.241 e. The third-order valence-electron chi connectivity index (χ3n) is 5.46. The molecule has 0 bridgehead atoms. The van der Waals surface area contributed by atoms with Crippen LogP contribution in [0.1, 0.15) is 32.3 Å². The van der Waals surface area contributed by atoms with Gasteiger partial charge in [-0.1, -0.05) is 32.0 Å². The van der Waals surface area contributed by atoms with Crippen LogP contribution in [0.25, 0.3) is 0 Å². The Morgan fingerprint density at radius 3 is 2.83 bits per heavy atom. The summed E-state index contributed by atoms with van der Waals surface area (Å²) < 4.78 is 19.5. The van der Waals surface area contributed by atoms with Crippen LogP contribution in [0, 0.1) is 17.2 Å². The molecule has 1 saturated carbocycles. The van der Waals surface area contributed by atoms with Gasteiger partial charge < -0.3 is 15.8 Å². The Kier molecular flexibility index (Phi) is 5.04. The number of rotatable bonds is 3. The van der Waals surface area contributed by atoms with Gasteiger partial charge >= 0.3 is 0 Å². The van der Waals surface area contributed by atoms with E-state index < -0.39 is 11.0 Å². The van der Waals surface area contributed by atoms with Crippen molar-refractivity contribution in [1.82, 2.24) is 5.32 Å². The van der Waals surface area contributed by atoms with Gasteiger partial charge in [0.1, 0.15) is 11.4 Å². The molecule has 23 heavy (non-hydrogen) atoms. The summed E-state index contributed by atoms with van der Waals surface area (Å²) >= 11 is 0. The predicted molar refractivity (Wildman–Crippen MR) is 88.7 cm³/mol. The van der Waals surface area contributed by atoms with E-state index in [0.717, 1.165) is 19.4 Å². The normalized spacial score (nSPS) is 31.3. The Morgan fingerprint density at radius 1 is 1.43 bits per heavy atom. The monoisotopic (exact) mass is 342 g/mol. The maximum atomic E-state index is 13.7. The van der Waals surface area contributed by atoms with E-state index in [-0.39, 0.29) is 42.7 Å². The summed E-state index contributed by atoms with van der Waals surface area (Å²) in [5.41, 5.74) is 5.59. The molecule has 3 rings (SSSR count). The lowest BCUT2D eigenvalue weighted by Crippen LogP contribution is -2.82. The van der Waals surface area contributed by atoms with Gasteiger partial charge in [-0.15, -0.1) is 12.4 Å². The molecule has 1 aromatic rings. The standard InChI is InChI=1S/C17H23FN2O2.ClH/c1-16(2)14-12(7-5-9-22-14)17(16,19)15(21)20-10-11-6-3-4-8-13(11)18;/h3-4,6,8,12,14H,5,7,9-10,19H2,1-2H3,(H,20,21);1H. The van der Waals surface area contributed by atoms with Crippen molar-refractivity contribution >= 4 is 18.3 Å². The van der Waals surface area contributed by atoms with Gasteiger partial charge in [0, 0.05) is 30.0 Å². The molecule has 0 aromatic heterocycles. The second kappa shape index (κ2) is 6.38. The van der Waals surface area contributed by atoms with Crippen LogP contribution in [0.5, 0.6) is 0 Å². The summed E-state index contributed by atoms with van der Waals surface area (Å²) in [6, 6.07) is 6.43. The van der Waals surface area contributed by atoms with Crippen molar-refractivity contribution < 1.29 is 13.9 Å². The minimum Gasteiger partial charge on any atom is -0.377 e. The van der Waals surface area contributed by atoms with Crippen LogP contribution in [0.3, 0.4) is 0 Å². The van der Waals surface area contributed by atoms with Crippen molar-refractivity contribution in [2.45, 2.75) is 44.9 Å². The highest BCUT2D eigenvalue weighted by molar-refractivity contribution is 5.89. The van der Waals surface area contributed by atoms with Crippen molar-refractivity contribution in [3.05, 3.63) is 35.6 Å². The summed E-state index contributed by atoms with van der Waals surface area (Å²) in [7, 11) is 0. The van der Waals surface area contributed by atoms with E-state index >= 15 is 0 Å². The number of nitrogens with two attached hydrogens (primary N) is 1. The Morgan fingerprint density at radius 2 is 2.13 bits per heavy atom. The highest BCUT2D eigenvalue weighted by Crippen LogP contribution is 2.57. The fourth-order valence-electron chi connectivity index (χ4n) is 4.00. The zero-order valence-electron chi connectivity index (χ0n) is 13.5. The van der Waals surface area contributed by atoms with E-state index in [4.69, 9.17) is 10.5 Å². The van der Waals surface area contributed by atoms with E-state index in [1.807, 2.05) is 13.8 Å². The Hall–Kier alpha value is -1.17. The first-order valence-electron chi connectivity index (χ1n) is 7.81. The topological polar surface area (TPSA) is 64.3 Å². The number of hydrogen-bond acceptors (Lipinski definition) is 3. The first-order valence-corrected chi connectivity index (χ1v) is 7.81. The van der Waals surface area contributed by atoms with Gasteiger partial charge in [-0.2, -0.15) is 0 Å². The molecule has 4 nitrogen and oxygen atoms in total. The smallest absolute Gasteiger partial charge is 0.241 e. The highest BCUT2D eigenvalue weighted by atomic mass is 35.5. The van der Waals surface area contributed by atoms with Gasteiger partial charge in [0.15, 0.2) is 0 Å². The average molecular weight is 343 g/mol. The number of halogens is 2. The fraction of sp³-hybridized carbons (Fsp3) is 0.588. The van der Waals surface area contributed by atoms with E-state index in [1.165, 1.54) is 6.07 Å². The highest BCUT2D eigenvalue weighted by Gasteiger charge is 2.70. The molecule has 1 aliphatic heterocycles. The molecule has 3 unspecified atom stereocenters. The number of fused-ring (bicyclic) bond motifs is 1. The SMILES string of the molecule is CC1(C)C2OCCCC2C1(N)C(=O)NCc1ccccc1F.Cl. The van der Waals surface area contributed by atoms with Crippen molar-refractivity contribution in [2.24, 2.45) is 17.1 Å². The van der Waals surface area contributed by atoms with E-state index in [9.17, 15) is 9.18 Å². The van der Waals surface area contributed by atoms with Gasteiger partial charge in [0.25, 0.3) is 0 Å². The number of hydrogen-bond donors (Lipinski definition) is 2. The van der Waals surface area contributed by atoms with Crippen LogP contribution >= 0.6 is 12.4 Å². The van der Waals surface area contributed by atoms with Crippen LogP contribution in [0.4, 0.5) is 4.39 Å². The van der Waals surface area contributed by atoms with E-state index in [1.54, 1.807) is 18.2 Å². The predicted octanol–water partition coefficient (Wildman–Crippen LogP) is 2.40. The number of carbonyl (C=O) groups excluding carboxylic acids is 1. The van der Waals surface area contributed by atoms with Crippen molar-refractivity contribution in [3.63, 3.8) is 0 Å². The molecule has 1 heterocycles. The molecular weight excluding hydrogens is 319 g/mol. The maximum absolute atomic E-state index is 13.7. The van der Waals surface area contributed by atoms with Gasteiger partial charge in [0.2, 0.25) is 5.91 Å². The quantitative estimate of drug-likeness (QED) is 0.886. The largest absolute Gasteiger partial charge is 0.377 e. The lowest BCUT2D eigenvalue weighted by atomic mass is 9.46. The second-order valence-electron chi connectivity index (χ2n) is 6.90. The van der Waals surface area contributed by atoms with E-state index in [2.05, 4.69) is 5.32 Å². The molecule has 1 aliphatic carbocycles. The molecule has 0 radical (unpaired) electrons. The summed E-state index contributed by atoms with van der Waals surface area (Å²) in [5.74, 6) is -0.495. The number of carbonyl (C=O) groups is 1. The molecule has 0 spiro atoms. The van der Waals surface area contributed by atoms with Gasteiger partial charge in [-0.05, 0) is 18.9 Å². The number of benzene rings is 1. The lowest BCUT2D eigenvalue weighted by Gasteiger charge is -2.65. The Bertz CT molecular complexity index is 596. The fourth-order valence-corrected chi connectivity index (χ4v) is 4.00. The molecule has 1 aromatic carbocycles. The summed E-state index contributed by atoms with van der Waals surface area (Å²) in [6.07, 6.45) is 1.86. The van der Waals surface area contributed by atoms with Crippen LogP contribution in [0.2, 0.25) is 0 Å². The molecular formula is C17H24ClFN2O2. The minimum absolute atomic E-state index is 0. The number of nitrogens with one attached hydrogen (secondary N) is 1. The van der Waals surface area contributed by atoms with Gasteiger partial charge in [-0.25, -0.2) is 4.39 Å². The van der Waals surface area contributed by atoms with Crippen molar-refractivity contribution in [1.29, 1.82) is 0 Å². The zero-order valence-corrected chi connectivity index (χ0v) is 14.3. The average Bonchev–Trinajstić information content (AvgIpc) is 2.53. The van der Waals surface area contributed by atoms with Gasteiger partial charge in [0.05, 0.1) is 6.10 Å². The first kappa shape index (κ1) is 18.2. The molecule has 128 valence electrons. The molecule has 2 fully saturated rings. The molecule has 1 saturated heterocycles.